The van der Waals surface area contributed by atoms with Crippen molar-refractivity contribution in [3.8, 4) is 0 Å². The van der Waals surface area contributed by atoms with Crippen molar-refractivity contribution in [3.63, 3.8) is 0 Å². The molecule has 0 aliphatic rings. The van der Waals surface area contributed by atoms with E-state index in [1.807, 2.05) is 36.4 Å². The molecule has 0 fully saturated rings. The highest BCUT2D eigenvalue weighted by molar-refractivity contribution is 6.07. The summed E-state index contributed by atoms with van der Waals surface area (Å²) in [6, 6.07) is 12.6. The maximum Gasteiger partial charge on any atom is 0.333 e. The van der Waals surface area contributed by atoms with Gasteiger partial charge in [-0.3, -0.25) is 10.2 Å². The lowest BCUT2D eigenvalue weighted by Gasteiger charge is -2.09. The zero-order valence-corrected chi connectivity index (χ0v) is 10.6. The summed E-state index contributed by atoms with van der Waals surface area (Å²) < 4.78 is 0. The van der Waals surface area contributed by atoms with Crippen LogP contribution >= 0.6 is 0 Å². The molecule has 0 saturated heterocycles. The normalized spacial score (nSPS) is 9.95. The average molecular weight is 257 g/mol. The van der Waals surface area contributed by atoms with Gasteiger partial charge in [-0.1, -0.05) is 36.4 Å². The van der Waals surface area contributed by atoms with Crippen LogP contribution in [0.4, 0.5) is 4.79 Å². The van der Waals surface area contributed by atoms with Crippen molar-refractivity contribution in [2.45, 2.75) is 6.92 Å². The second kappa shape index (κ2) is 5.86. The quantitative estimate of drug-likeness (QED) is 0.718. The maximum atomic E-state index is 12.0. The summed E-state index contributed by atoms with van der Waals surface area (Å²) in [5.41, 5.74) is 5.19. The summed E-state index contributed by atoms with van der Waals surface area (Å²) >= 11 is 0. The average Bonchev–Trinajstić information content (AvgIpc) is 2.44. The molecule has 0 atom stereocenters. The third-order valence-electron chi connectivity index (χ3n) is 2.66. The zero-order valence-electron chi connectivity index (χ0n) is 10.6. The van der Waals surface area contributed by atoms with Crippen LogP contribution in [0.5, 0.6) is 0 Å². The summed E-state index contributed by atoms with van der Waals surface area (Å²) in [5.74, 6) is -0.344. The predicted molar refractivity (Wildman–Crippen MR) is 73.6 cm³/mol. The van der Waals surface area contributed by atoms with Gasteiger partial charge in [-0.2, -0.15) is 0 Å². The maximum absolute atomic E-state index is 12.0. The molecule has 2 aromatic carbocycles. The first-order chi connectivity index (χ1) is 9.22. The van der Waals surface area contributed by atoms with E-state index in [0.29, 0.717) is 12.1 Å². The number of urea groups is 1. The van der Waals surface area contributed by atoms with E-state index >= 15 is 0 Å². The van der Waals surface area contributed by atoms with Gasteiger partial charge in [-0.25, -0.2) is 10.2 Å². The summed E-state index contributed by atoms with van der Waals surface area (Å²) in [5, 5.41) is 4.35. The smallest absolute Gasteiger partial charge is 0.333 e. The van der Waals surface area contributed by atoms with Crippen molar-refractivity contribution in [2.75, 3.05) is 6.54 Å². The summed E-state index contributed by atoms with van der Waals surface area (Å²) in [6.45, 7) is 2.29. The van der Waals surface area contributed by atoms with Gasteiger partial charge in [0.2, 0.25) is 0 Å². The van der Waals surface area contributed by atoms with Crippen LogP contribution in [-0.4, -0.2) is 18.5 Å². The molecule has 0 aromatic heterocycles. The van der Waals surface area contributed by atoms with Crippen LogP contribution in [0.25, 0.3) is 10.8 Å². The molecule has 0 bridgehead atoms. The van der Waals surface area contributed by atoms with Crippen molar-refractivity contribution in [1.29, 1.82) is 0 Å². The molecule has 5 heteroatoms. The fourth-order valence-electron chi connectivity index (χ4n) is 1.81. The highest BCUT2D eigenvalue weighted by Gasteiger charge is 2.09. The number of amides is 3. The second-order valence-electron chi connectivity index (χ2n) is 3.97. The third-order valence-corrected chi connectivity index (χ3v) is 2.66. The molecular weight excluding hydrogens is 242 g/mol. The lowest BCUT2D eigenvalue weighted by Crippen LogP contribution is -2.46. The van der Waals surface area contributed by atoms with Gasteiger partial charge >= 0.3 is 6.03 Å². The van der Waals surface area contributed by atoms with E-state index < -0.39 is 6.03 Å². The van der Waals surface area contributed by atoms with Crippen LogP contribution in [0, 0.1) is 0 Å². The Labute approximate surface area is 111 Å². The number of rotatable bonds is 2. The first kappa shape index (κ1) is 12.9. The van der Waals surface area contributed by atoms with Crippen LogP contribution in [0.3, 0.4) is 0 Å². The Balaban J connectivity index is 2.15. The lowest BCUT2D eigenvalue weighted by molar-refractivity contribution is 0.0938. The molecule has 0 saturated carbocycles. The highest BCUT2D eigenvalue weighted by atomic mass is 16.2. The Kier molecular flexibility index (Phi) is 3.97. The Morgan fingerprint density at radius 3 is 2.53 bits per heavy atom. The van der Waals surface area contributed by atoms with Crippen molar-refractivity contribution in [2.24, 2.45) is 0 Å². The number of hydrogen-bond donors (Lipinski definition) is 3. The van der Waals surface area contributed by atoms with E-state index in [1.54, 1.807) is 13.0 Å². The Morgan fingerprint density at radius 2 is 1.74 bits per heavy atom. The molecule has 3 N–H and O–H groups in total. The zero-order chi connectivity index (χ0) is 13.7. The van der Waals surface area contributed by atoms with Crippen LogP contribution in [0.1, 0.15) is 17.3 Å². The second-order valence-corrected chi connectivity index (χ2v) is 3.97. The third kappa shape index (κ3) is 3.01. The lowest BCUT2D eigenvalue weighted by atomic mass is 10.0. The Bertz CT molecular complexity index is 605. The summed E-state index contributed by atoms with van der Waals surface area (Å²) in [7, 11) is 0. The van der Waals surface area contributed by atoms with Gasteiger partial charge in [-0.15, -0.1) is 0 Å². The molecule has 0 radical (unpaired) electrons. The van der Waals surface area contributed by atoms with Gasteiger partial charge in [0.1, 0.15) is 0 Å². The SMILES string of the molecule is CCNC(=O)NNC(=O)c1cccc2ccccc12. The minimum absolute atomic E-state index is 0.344. The topological polar surface area (TPSA) is 70.2 Å². The Morgan fingerprint density at radius 1 is 1.00 bits per heavy atom. The minimum atomic E-state index is -0.434. The molecule has 0 aliphatic heterocycles. The molecular formula is C14H15N3O2. The molecule has 2 aromatic rings. The van der Waals surface area contributed by atoms with Gasteiger partial charge in [0.15, 0.2) is 0 Å². The standard InChI is InChI=1S/C14H15N3O2/c1-2-15-14(19)17-16-13(18)12-9-5-7-10-6-3-4-8-11(10)12/h3-9H,2H2,1H3,(H,16,18)(H2,15,17,19). The first-order valence-electron chi connectivity index (χ1n) is 6.04. The van der Waals surface area contributed by atoms with Crippen molar-refractivity contribution < 1.29 is 9.59 Å². The van der Waals surface area contributed by atoms with Crippen molar-refractivity contribution in [3.05, 3.63) is 48.0 Å². The highest BCUT2D eigenvalue weighted by Crippen LogP contribution is 2.17. The largest absolute Gasteiger partial charge is 0.337 e. The van der Waals surface area contributed by atoms with Gasteiger partial charge in [-0.05, 0) is 23.8 Å². The van der Waals surface area contributed by atoms with E-state index in [-0.39, 0.29) is 5.91 Å². The predicted octanol–water partition coefficient (Wildman–Crippen LogP) is 1.80. The molecule has 19 heavy (non-hydrogen) atoms. The van der Waals surface area contributed by atoms with E-state index in [0.717, 1.165) is 10.8 Å². The van der Waals surface area contributed by atoms with E-state index in [4.69, 9.17) is 0 Å². The molecule has 0 aliphatic carbocycles. The van der Waals surface area contributed by atoms with Crippen LogP contribution in [0.15, 0.2) is 42.5 Å². The number of carbonyl (C=O) groups is 2. The molecule has 0 heterocycles. The number of benzene rings is 2. The first-order valence-corrected chi connectivity index (χ1v) is 6.04. The van der Waals surface area contributed by atoms with E-state index in [1.165, 1.54) is 0 Å². The van der Waals surface area contributed by atoms with Crippen LogP contribution in [-0.2, 0) is 0 Å². The number of carbonyl (C=O) groups excluding carboxylic acids is 2. The number of fused-ring (bicyclic) bond motifs is 1. The molecule has 2 rings (SSSR count). The van der Waals surface area contributed by atoms with Crippen molar-refractivity contribution >= 4 is 22.7 Å². The Hall–Kier alpha value is -2.56. The van der Waals surface area contributed by atoms with Gasteiger partial charge in [0, 0.05) is 12.1 Å². The van der Waals surface area contributed by atoms with Gasteiger partial charge < -0.3 is 5.32 Å². The molecule has 5 nitrogen and oxygen atoms in total. The summed E-state index contributed by atoms with van der Waals surface area (Å²) in [4.78, 5) is 23.2. The van der Waals surface area contributed by atoms with E-state index in [2.05, 4.69) is 16.2 Å². The number of hydrazine groups is 1. The monoisotopic (exact) mass is 257 g/mol. The molecule has 3 amide bonds. The van der Waals surface area contributed by atoms with Crippen LogP contribution < -0.4 is 16.2 Å². The van der Waals surface area contributed by atoms with Crippen molar-refractivity contribution in [1.82, 2.24) is 16.2 Å². The van der Waals surface area contributed by atoms with Crippen LogP contribution in [0.2, 0.25) is 0 Å². The van der Waals surface area contributed by atoms with Gasteiger partial charge in [0.25, 0.3) is 5.91 Å². The van der Waals surface area contributed by atoms with Gasteiger partial charge in [0.05, 0.1) is 0 Å². The fraction of sp³-hybridized carbons (Fsp3) is 0.143. The molecule has 98 valence electrons. The number of hydrogen-bond acceptors (Lipinski definition) is 2. The summed E-state index contributed by atoms with van der Waals surface area (Å²) in [6.07, 6.45) is 0. The number of nitrogens with one attached hydrogen (secondary N) is 3. The fourth-order valence-corrected chi connectivity index (χ4v) is 1.81. The minimum Gasteiger partial charge on any atom is -0.337 e. The molecule has 0 unspecified atom stereocenters. The molecule has 0 spiro atoms. The van der Waals surface area contributed by atoms with E-state index in [9.17, 15) is 9.59 Å².